The van der Waals surface area contributed by atoms with Crippen molar-refractivity contribution in [3.05, 3.63) is 42.4 Å². The number of hydrogen-bond donors (Lipinski definition) is 1. The Morgan fingerprint density at radius 2 is 2.05 bits per heavy atom. The normalized spacial score (nSPS) is 12.9. The Kier molecular flexibility index (Phi) is 4.77. The van der Waals surface area contributed by atoms with Crippen LogP contribution in [0, 0.1) is 20.8 Å². The fourth-order valence-electron chi connectivity index (χ4n) is 2.29. The van der Waals surface area contributed by atoms with Gasteiger partial charge < -0.3 is 9.73 Å². The first-order valence-electron chi connectivity index (χ1n) is 6.20. The molecule has 2 aromatic heterocycles. The first kappa shape index (κ1) is 15.1. The lowest BCUT2D eigenvalue weighted by Crippen LogP contribution is -2.22. The fraction of sp³-hybridized carbons (Fsp3) is 0.429. The van der Waals surface area contributed by atoms with Crippen LogP contribution in [0.25, 0.3) is 0 Å². The summed E-state index contributed by atoms with van der Waals surface area (Å²) in [5, 5.41) is 4.28. The first-order chi connectivity index (χ1) is 8.95. The van der Waals surface area contributed by atoms with Crippen LogP contribution in [0.4, 0.5) is 0 Å². The van der Waals surface area contributed by atoms with Crippen LogP contribution >= 0.6 is 38.9 Å². The molecule has 2 aromatic rings. The zero-order valence-corrected chi connectivity index (χ0v) is 14.6. The monoisotopic (exact) mass is 361 g/mol. The molecule has 0 aliphatic carbocycles. The average molecular weight is 363 g/mol. The SMILES string of the molecule is CCNC(c1cc(Cl)c(Br)s1)c1c(C)oc(C)c1C. The lowest BCUT2D eigenvalue weighted by molar-refractivity contribution is 0.494. The largest absolute Gasteiger partial charge is 0.466 e. The van der Waals surface area contributed by atoms with Crippen LogP contribution in [-0.4, -0.2) is 6.54 Å². The van der Waals surface area contributed by atoms with Crippen LogP contribution in [0.3, 0.4) is 0 Å². The second kappa shape index (κ2) is 6.00. The van der Waals surface area contributed by atoms with Crippen LogP contribution in [0.2, 0.25) is 5.02 Å². The highest BCUT2D eigenvalue weighted by molar-refractivity contribution is 9.11. The summed E-state index contributed by atoms with van der Waals surface area (Å²) in [5.41, 5.74) is 2.44. The Balaban J connectivity index is 2.51. The number of nitrogens with one attached hydrogen (secondary N) is 1. The molecule has 0 saturated heterocycles. The molecule has 1 atom stereocenters. The summed E-state index contributed by atoms with van der Waals surface area (Å²) < 4.78 is 6.73. The van der Waals surface area contributed by atoms with Crippen LogP contribution in [0.5, 0.6) is 0 Å². The minimum Gasteiger partial charge on any atom is -0.466 e. The summed E-state index contributed by atoms with van der Waals surface area (Å²) >= 11 is 11.3. The highest BCUT2D eigenvalue weighted by atomic mass is 79.9. The summed E-state index contributed by atoms with van der Waals surface area (Å²) in [4.78, 5) is 1.20. The van der Waals surface area contributed by atoms with Gasteiger partial charge in [0.2, 0.25) is 0 Å². The van der Waals surface area contributed by atoms with E-state index in [0.29, 0.717) is 0 Å². The van der Waals surface area contributed by atoms with Crippen molar-refractivity contribution in [2.75, 3.05) is 6.54 Å². The summed E-state index contributed by atoms with van der Waals surface area (Å²) in [6.45, 7) is 9.13. The molecular weight excluding hydrogens is 346 g/mol. The maximum Gasteiger partial charge on any atom is 0.106 e. The molecule has 0 aliphatic rings. The predicted molar refractivity (Wildman–Crippen MR) is 85.5 cm³/mol. The molecule has 0 radical (unpaired) electrons. The van der Waals surface area contributed by atoms with Gasteiger partial charge in [-0.15, -0.1) is 11.3 Å². The topological polar surface area (TPSA) is 25.2 Å². The van der Waals surface area contributed by atoms with Crippen LogP contribution in [-0.2, 0) is 0 Å². The Bertz CT molecular complexity index is 571. The molecule has 1 unspecified atom stereocenters. The first-order valence-corrected chi connectivity index (χ1v) is 8.19. The van der Waals surface area contributed by atoms with Gasteiger partial charge in [-0.3, -0.25) is 0 Å². The number of hydrogen-bond acceptors (Lipinski definition) is 3. The second-order valence-electron chi connectivity index (χ2n) is 4.51. The average Bonchev–Trinajstić information content (AvgIpc) is 2.79. The maximum atomic E-state index is 6.16. The van der Waals surface area contributed by atoms with Crippen molar-refractivity contribution in [1.82, 2.24) is 5.32 Å². The lowest BCUT2D eigenvalue weighted by atomic mass is 10.0. The van der Waals surface area contributed by atoms with E-state index in [4.69, 9.17) is 16.0 Å². The number of rotatable bonds is 4. The summed E-state index contributed by atoms with van der Waals surface area (Å²) in [7, 11) is 0. The number of furan rings is 1. The van der Waals surface area contributed by atoms with E-state index in [1.165, 1.54) is 16.0 Å². The highest BCUT2D eigenvalue weighted by Crippen LogP contribution is 2.39. The lowest BCUT2D eigenvalue weighted by Gasteiger charge is -2.17. The molecule has 2 rings (SSSR count). The van der Waals surface area contributed by atoms with Crippen molar-refractivity contribution >= 4 is 38.9 Å². The predicted octanol–water partition coefficient (Wildman–Crippen LogP) is 5.38. The van der Waals surface area contributed by atoms with Crippen LogP contribution in [0.1, 0.15) is 40.5 Å². The molecule has 0 bridgehead atoms. The maximum absolute atomic E-state index is 6.16. The van der Waals surface area contributed by atoms with Crippen molar-refractivity contribution in [3.8, 4) is 0 Å². The molecule has 0 fully saturated rings. The molecule has 0 spiro atoms. The van der Waals surface area contributed by atoms with E-state index in [9.17, 15) is 0 Å². The number of thiophene rings is 1. The van der Waals surface area contributed by atoms with Crippen LogP contribution in [0.15, 0.2) is 14.3 Å². The Hall–Kier alpha value is -0.290. The minimum atomic E-state index is 0.135. The third kappa shape index (κ3) is 2.92. The van der Waals surface area contributed by atoms with E-state index in [2.05, 4.69) is 35.1 Å². The van der Waals surface area contributed by atoms with Gasteiger partial charge in [0.25, 0.3) is 0 Å². The van der Waals surface area contributed by atoms with Gasteiger partial charge in [0.15, 0.2) is 0 Å². The number of halogens is 2. The van der Waals surface area contributed by atoms with E-state index in [1.54, 1.807) is 11.3 Å². The molecule has 0 saturated carbocycles. The van der Waals surface area contributed by atoms with E-state index in [0.717, 1.165) is 26.9 Å². The fourth-order valence-corrected chi connectivity index (χ4v) is 4.12. The number of aryl methyl sites for hydroxylation is 2. The molecule has 104 valence electrons. The quantitative estimate of drug-likeness (QED) is 0.789. The summed E-state index contributed by atoms with van der Waals surface area (Å²) in [5.74, 6) is 1.96. The third-order valence-electron chi connectivity index (χ3n) is 3.26. The standard InChI is InChI=1S/C14H17BrClNOS/c1-5-17-13(11-6-10(16)14(15)19-11)12-7(2)8(3)18-9(12)4/h6,13,17H,5H2,1-4H3. The summed E-state index contributed by atoms with van der Waals surface area (Å²) in [6, 6.07) is 2.15. The van der Waals surface area contributed by atoms with Gasteiger partial charge in [-0.05, 0) is 54.9 Å². The second-order valence-corrected chi connectivity index (χ2v) is 7.32. The molecule has 0 aromatic carbocycles. The zero-order valence-electron chi connectivity index (χ0n) is 11.4. The molecule has 19 heavy (non-hydrogen) atoms. The smallest absolute Gasteiger partial charge is 0.106 e. The van der Waals surface area contributed by atoms with Gasteiger partial charge in [0, 0.05) is 10.4 Å². The van der Waals surface area contributed by atoms with E-state index in [1.807, 2.05) is 19.9 Å². The van der Waals surface area contributed by atoms with Gasteiger partial charge in [0.1, 0.15) is 11.5 Å². The Morgan fingerprint density at radius 1 is 1.37 bits per heavy atom. The van der Waals surface area contributed by atoms with Crippen molar-refractivity contribution in [2.45, 2.75) is 33.7 Å². The van der Waals surface area contributed by atoms with Gasteiger partial charge in [-0.2, -0.15) is 0 Å². The molecule has 1 N–H and O–H groups in total. The minimum absolute atomic E-state index is 0.135. The van der Waals surface area contributed by atoms with Gasteiger partial charge in [-0.1, -0.05) is 18.5 Å². The van der Waals surface area contributed by atoms with E-state index in [-0.39, 0.29) is 6.04 Å². The Labute approximate surface area is 131 Å². The molecule has 5 heteroatoms. The third-order valence-corrected chi connectivity index (χ3v) is 5.80. The van der Waals surface area contributed by atoms with E-state index < -0.39 is 0 Å². The molecule has 0 aliphatic heterocycles. The zero-order chi connectivity index (χ0) is 14.2. The van der Waals surface area contributed by atoms with E-state index >= 15 is 0 Å². The van der Waals surface area contributed by atoms with Crippen molar-refractivity contribution < 1.29 is 4.42 Å². The van der Waals surface area contributed by atoms with Gasteiger partial charge >= 0.3 is 0 Å². The van der Waals surface area contributed by atoms with Gasteiger partial charge in [-0.25, -0.2) is 0 Å². The Morgan fingerprint density at radius 3 is 2.47 bits per heavy atom. The molecule has 2 nitrogen and oxygen atoms in total. The van der Waals surface area contributed by atoms with Crippen molar-refractivity contribution in [2.24, 2.45) is 0 Å². The van der Waals surface area contributed by atoms with Crippen molar-refractivity contribution in [3.63, 3.8) is 0 Å². The highest BCUT2D eigenvalue weighted by Gasteiger charge is 2.24. The summed E-state index contributed by atoms with van der Waals surface area (Å²) in [6.07, 6.45) is 0. The van der Waals surface area contributed by atoms with Crippen molar-refractivity contribution in [1.29, 1.82) is 0 Å². The van der Waals surface area contributed by atoms with Crippen LogP contribution < -0.4 is 5.32 Å². The molecule has 2 heterocycles. The molecular formula is C14H17BrClNOS. The van der Waals surface area contributed by atoms with Gasteiger partial charge in [0.05, 0.1) is 14.9 Å². The molecule has 0 amide bonds.